The Bertz CT molecular complexity index is 423. The molecule has 0 amide bonds. The number of nitrogens with two attached hydrogens (primary N) is 1. The molecule has 0 radical (unpaired) electrons. The van der Waals surface area contributed by atoms with Crippen molar-refractivity contribution in [2.75, 3.05) is 13.1 Å². The van der Waals surface area contributed by atoms with Gasteiger partial charge in [-0.2, -0.15) is 0 Å². The second kappa shape index (κ2) is 4.35. The number of rotatable bonds is 2. The van der Waals surface area contributed by atoms with Gasteiger partial charge in [0.2, 0.25) is 0 Å². The fourth-order valence-corrected chi connectivity index (χ4v) is 3.46. The average molecular weight is 248 g/mol. The lowest BCUT2D eigenvalue weighted by atomic mass is 9.85. The van der Waals surface area contributed by atoms with E-state index in [2.05, 4.69) is 34.5 Å². The van der Waals surface area contributed by atoms with Crippen LogP contribution in [0.1, 0.15) is 32.5 Å². The minimum Gasteiger partial charge on any atom is -0.333 e. The summed E-state index contributed by atoms with van der Waals surface area (Å²) in [5, 5.41) is 0. The smallest absolute Gasteiger partial charge is 0.122 e. The zero-order valence-corrected chi connectivity index (χ0v) is 11.5. The summed E-state index contributed by atoms with van der Waals surface area (Å²) < 4.78 is 2.26. The van der Waals surface area contributed by atoms with Gasteiger partial charge in [0.1, 0.15) is 5.82 Å². The van der Waals surface area contributed by atoms with Gasteiger partial charge in [-0.15, -0.1) is 0 Å². The highest BCUT2D eigenvalue weighted by Crippen LogP contribution is 2.40. The molecule has 2 unspecified atom stereocenters. The predicted molar refractivity (Wildman–Crippen MR) is 72.0 cm³/mol. The van der Waals surface area contributed by atoms with Crippen LogP contribution in [0.3, 0.4) is 0 Å². The minimum atomic E-state index is 0.318. The monoisotopic (exact) mass is 248 g/mol. The van der Waals surface area contributed by atoms with Gasteiger partial charge in [-0.3, -0.25) is 4.90 Å². The van der Waals surface area contributed by atoms with Gasteiger partial charge in [-0.1, -0.05) is 13.8 Å². The third-order valence-corrected chi connectivity index (χ3v) is 4.89. The number of imidazole rings is 1. The lowest BCUT2D eigenvalue weighted by Gasteiger charge is -2.33. The number of nitrogens with zero attached hydrogens (tertiary/aromatic N) is 3. The minimum absolute atomic E-state index is 0.318. The van der Waals surface area contributed by atoms with Crippen molar-refractivity contribution in [2.45, 2.75) is 45.8 Å². The maximum Gasteiger partial charge on any atom is 0.122 e. The van der Waals surface area contributed by atoms with Crippen molar-refractivity contribution in [3.8, 4) is 0 Å². The Morgan fingerprint density at radius 2 is 2.28 bits per heavy atom. The van der Waals surface area contributed by atoms with Crippen molar-refractivity contribution in [2.24, 2.45) is 17.1 Å². The Hall–Kier alpha value is -0.870. The molecule has 1 aliphatic carbocycles. The van der Waals surface area contributed by atoms with Crippen molar-refractivity contribution < 1.29 is 0 Å². The summed E-state index contributed by atoms with van der Waals surface area (Å²) in [6.07, 6.45) is 6.53. The van der Waals surface area contributed by atoms with Gasteiger partial charge in [0.05, 0.1) is 6.54 Å². The van der Waals surface area contributed by atoms with E-state index in [1.165, 1.54) is 18.7 Å². The normalized spacial score (nSPS) is 31.5. The second-order valence-corrected chi connectivity index (χ2v) is 6.59. The van der Waals surface area contributed by atoms with Crippen molar-refractivity contribution in [3.63, 3.8) is 0 Å². The van der Waals surface area contributed by atoms with Gasteiger partial charge in [-0.05, 0) is 24.2 Å². The van der Waals surface area contributed by atoms with Crippen LogP contribution in [0.5, 0.6) is 0 Å². The first-order chi connectivity index (χ1) is 8.56. The van der Waals surface area contributed by atoms with Crippen LogP contribution in [0.4, 0.5) is 0 Å². The third kappa shape index (κ3) is 2.08. The molecule has 2 atom stereocenters. The van der Waals surface area contributed by atoms with E-state index in [1.54, 1.807) is 0 Å². The maximum atomic E-state index is 6.40. The van der Waals surface area contributed by atoms with Gasteiger partial charge in [0, 0.05) is 38.1 Å². The Labute approximate surface area is 109 Å². The molecular weight excluding hydrogens is 224 g/mol. The molecule has 0 saturated heterocycles. The van der Waals surface area contributed by atoms with Crippen LogP contribution in [0.15, 0.2) is 12.4 Å². The predicted octanol–water partition coefficient (Wildman–Crippen LogP) is 1.46. The highest BCUT2D eigenvalue weighted by molar-refractivity contribution is 4.98. The van der Waals surface area contributed by atoms with Gasteiger partial charge in [0.15, 0.2) is 0 Å². The van der Waals surface area contributed by atoms with Crippen LogP contribution in [0.2, 0.25) is 0 Å². The van der Waals surface area contributed by atoms with Crippen LogP contribution in [-0.4, -0.2) is 33.6 Å². The van der Waals surface area contributed by atoms with Crippen molar-refractivity contribution in [1.82, 2.24) is 14.5 Å². The quantitative estimate of drug-likeness (QED) is 0.862. The van der Waals surface area contributed by atoms with Crippen LogP contribution in [-0.2, 0) is 13.1 Å². The lowest BCUT2D eigenvalue weighted by molar-refractivity contribution is 0.169. The Kier molecular flexibility index (Phi) is 2.94. The topological polar surface area (TPSA) is 47.1 Å². The van der Waals surface area contributed by atoms with E-state index in [0.717, 1.165) is 26.2 Å². The zero-order chi connectivity index (χ0) is 12.8. The highest BCUT2D eigenvalue weighted by atomic mass is 15.2. The third-order valence-electron chi connectivity index (χ3n) is 4.89. The van der Waals surface area contributed by atoms with E-state index in [9.17, 15) is 0 Å². The molecular formula is C14H24N4. The standard InChI is InChI=1S/C14H24N4/c1-14(2)4-3-11(13(14)15)9-17-7-8-18-6-5-16-12(18)10-17/h5-6,11,13H,3-4,7-10,15H2,1-2H3. The molecule has 2 aliphatic rings. The summed E-state index contributed by atoms with van der Waals surface area (Å²) in [6.45, 7) is 8.93. The first-order valence-corrected chi connectivity index (χ1v) is 7.04. The first-order valence-electron chi connectivity index (χ1n) is 7.04. The Morgan fingerprint density at radius 3 is 3.00 bits per heavy atom. The summed E-state index contributed by atoms with van der Waals surface area (Å²) >= 11 is 0. The molecule has 18 heavy (non-hydrogen) atoms. The SMILES string of the molecule is CC1(C)CCC(CN2CCn3ccnc3C2)C1N. The maximum absolute atomic E-state index is 6.40. The number of fused-ring (bicyclic) bond motifs is 1. The fraction of sp³-hybridized carbons (Fsp3) is 0.786. The summed E-state index contributed by atoms with van der Waals surface area (Å²) in [5.41, 5.74) is 6.72. The lowest BCUT2D eigenvalue weighted by Crippen LogP contribution is -2.44. The van der Waals surface area contributed by atoms with Gasteiger partial charge < -0.3 is 10.3 Å². The van der Waals surface area contributed by atoms with E-state index in [0.29, 0.717) is 17.4 Å². The number of aromatic nitrogens is 2. The van der Waals surface area contributed by atoms with Crippen LogP contribution >= 0.6 is 0 Å². The zero-order valence-electron chi connectivity index (χ0n) is 11.5. The average Bonchev–Trinajstić information content (AvgIpc) is 2.89. The first kappa shape index (κ1) is 12.2. The molecule has 3 rings (SSSR count). The molecule has 4 nitrogen and oxygen atoms in total. The summed E-state index contributed by atoms with van der Waals surface area (Å²) in [5.74, 6) is 1.86. The largest absolute Gasteiger partial charge is 0.333 e. The van der Waals surface area contributed by atoms with E-state index < -0.39 is 0 Å². The molecule has 0 spiro atoms. The summed E-state index contributed by atoms with van der Waals surface area (Å²) in [6, 6.07) is 0.346. The Morgan fingerprint density at radius 1 is 1.44 bits per heavy atom. The molecule has 2 heterocycles. The molecule has 100 valence electrons. The summed E-state index contributed by atoms with van der Waals surface area (Å²) in [4.78, 5) is 6.94. The van der Waals surface area contributed by atoms with Gasteiger partial charge in [-0.25, -0.2) is 4.98 Å². The summed E-state index contributed by atoms with van der Waals surface area (Å²) in [7, 11) is 0. The van der Waals surface area contributed by atoms with Crippen LogP contribution in [0.25, 0.3) is 0 Å². The van der Waals surface area contributed by atoms with Gasteiger partial charge >= 0.3 is 0 Å². The van der Waals surface area contributed by atoms with E-state index >= 15 is 0 Å². The van der Waals surface area contributed by atoms with E-state index in [1.807, 2.05) is 6.20 Å². The molecule has 1 aromatic rings. The molecule has 4 heteroatoms. The van der Waals surface area contributed by atoms with Crippen molar-refractivity contribution in [3.05, 3.63) is 18.2 Å². The molecule has 0 aromatic carbocycles. The van der Waals surface area contributed by atoms with E-state index in [-0.39, 0.29) is 0 Å². The number of hydrogen-bond donors (Lipinski definition) is 1. The second-order valence-electron chi connectivity index (χ2n) is 6.59. The molecule has 0 bridgehead atoms. The molecule has 1 aromatic heterocycles. The Balaban J connectivity index is 1.62. The van der Waals surface area contributed by atoms with Crippen LogP contribution < -0.4 is 5.73 Å². The molecule has 1 fully saturated rings. The highest BCUT2D eigenvalue weighted by Gasteiger charge is 2.40. The molecule has 2 N–H and O–H groups in total. The molecule has 1 aliphatic heterocycles. The number of hydrogen-bond acceptors (Lipinski definition) is 3. The molecule has 1 saturated carbocycles. The van der Waals surface area contributed by atoms with Crippen molar-refractivity contribution in [1.29, 1.82) is 0 Å². The van der Waals surface area contributed by atoms with Crippen LogP contribution in [0, 0.1) is 11.3 Å². The fourth-order valence-electron chi connectivity index (χ4n) is 3.46. The van der Waals surface area contributed by atoms with E-state index in [4.69, 9.17) is 5.73 Å². The van der Waals surface area contributed by atoms with Gasteiger partial charge in [0.25, 0.3) is 0 Å². The van der Waals surface area contributed by atoms with Crippen molar-refractivity contribution >= 4 is 0 Å².